The molecular weight excluding hydrogens is 412 g/mol. The summed E-state index contributed by atoms with van der Waals surface area (Å²) in [6.45, 7) is 8.08. The molecule has 6 nitrogen and oxygen atoms in total. The van der Waals surface area contributed by atoms with E-state index in [0.29, 0.717) is 12.0 Å². The number of anilines is 1. The molecule has 1 aromatic heterocycles. The average Bonchev–Trinajstić information content (AvgIpc) is 3.19. The van der Waals surface area contributed by atoms with Gasteiger partial charge in [-0.15, -0.1) is 0 Å². The lowest BCUT2D eigenvalue weighted by molar-refractivity contribution is -0.123. The molecule has 1 aliphatic heterocycles. The number of aryl methyl sites for hydroxylation is 1. The van der Waals surface area contributed by atoms with E-state index in [2.05, 4.69) is 42.0 Å². The van der Waals surface area contributed by atoms with Gasteiger partial charge in [-0.1, -0.05) is 26.8 Å². The first-order valence-corrected chi connectivity index (χ1v) is 12.1. The van der Waals surface area contributed by atoms with Crippen molar-refractivity contribution < 1.29 is 9.59 Å². The SMILES string of the molecule is CN(C(=O)c1ccc2c(c1)C(NC(=O)CC(C)(C)C)CC2)C1CCN(c2ccncc2)CC1. The third kappa shape index (κ3) is 5.55. The molecular formula is C27H36N4O2. The Kier molecular flexibility index (Phi) is 6.73. The molecule has 0 radical (unpaired) electrons. The van der Waals surface area contributed by atoms with Gasteiger partial charge in [0.1, 0.15) is 0 Å². The number of amides is 2. The molecule has 1 unspecified atom stereocenters. The monoisotopic (exact) mass is 448 g/mol. The molecule has 1 fully saturated rings. The molecule has 2 amide bonds. The van der Waals surface area contributed by atoms with Crippen LogP contribution in [0.15, 0.2) is 42.7 Å². The van der Waals surface area contributed by atoms with Crippen molar-refractivity contribution in [3.63, 3.8) is 0 Å². The van der Waals surface area contributed by atoms with E-state index in [9.17, 15) is 9.59 Å². The van der Waals surface area contributed by atoms with Gasteiger partial charge in [0.15, 0.2) is 0 Å². The van der Waals surface area contributed by atoms with E-state index in [4.69, 9.17) is 0 Å². The molecule has 2 heterocycles. The minimum Gasteiger partial charge on any atom is -0.371 e. The molecule has 0 bridgehead atoms. The second-order valence-corrected chi connectivity index (χ2v) is 10.6. The van der Waals surface area contributed by atoms with Gasteiger partial charge in [-0.2, -0.15) is 0 Å². The minimum absolute atomic E-state index is 0.00323. The van der Waals surface area contributed by atoms with Gasteiger partial charge in [0.25, 0.3) is 5.91 Å². The summed E-state index contributed by atoms with van der Waals surface area (Å²) in [4.78, 5) is 34.2. The molecule has 6 heteroatoms. The first kappa shape index (κ1) is 23.3. The standard InChI is InChI=1S/C27H36N4O2/c1-27(2,3)18-25(32)29-24-8-7-19-5-6-20(17-23(19)24)26(33)30(4)21-11-15-31(16-12-21)22-9-13-28-14-10-22/h5-6,9-10,13-14,17,21,24H,7-8,11-12,15-16,18H2,1-4H3,(H,29,32). The number of pyridine rings is 1. The zero-order valence-corrected chi connectivity index (χ0v) is 20.3. The van der Waals surface area contributed by atoms with Gasteiger partial charge in [0, 0.05) is 56.2 Å². The zero-order chi connectivity index (χ0) is 23.6. The minimum atomic E-state index is -0.0426. The topological polar surface area (TPSA) is 65.5 Å². The Morgan fingerprint density at radius 3 is 2.45 bits per heavy atom. The van der Waals surface area contributed by atoms with Crippen molar-refractivity contribution in [2.75, 3.05) is 25.0 Å². The lowest BCUT2D eigenvalue weighted by Crippen LogP contribution is -2.45. The Balaban J connectivity index is 1.39. The smallest absolute Gasteiger partial charge is 0.253 e. The number of nitrogens with one attached hydrogen (secondary N) is 1. The van der Waals surface area contributed by atoms with Crippen LogP contribution in [0.4, 0.5) is 5.69 Å². The predicted octanol–water partition coefficient (Wildman–Crippen LogP) is 4.36. The summed E-state index contributed by atoms with van der Waals surface area (Å²) >= 11 is 0. The molecule has 1 aromatic carbocycles. The van der Waals surface area contributed by atoms with Gasteiger partial charge in [0.05, 0.1) is 6.04 Å². The number of hydrogen-bond donors (Lipinski definition) is 1. The Hall–Kier alpha value is -2.89. The fraction of sp³-hybridized carbons (Fsp3) is 0.519. The zero-order valence-electron chi connectivity index (χ0n) is 20.3. The first-order chi connectivity index (χ1) is 15.7. The van der Waals surface area contributed by atoms with Crippen LogP contribution in [0.3, 0.4) is 0 Å². The maximum atomic E-state index is 13.3. The maximum absolute atomic E-state index is 13.3. The molecule has 0 spiro atoms. The van der Waals surface area contributed by atoms with Crippen LogP contribution in [0.1, 0.15) is 74.0 Å². The lowest BCUT2D eigenvalue weighted by Gasteiger charge is -2.38. The highest BCUT2D eigenvalue weighted by molar-refractivity contribution is 5.94. The van der Waals surface area contributed by atoms with Crippen molar-refractivity contribution in [1.29, 1.82) is 0 Å². The Morgan fingerprint density at radius 1 is 1.09 bits per heavy atom. The number of carbonyl (C=O) groups excluding carboxylic acids is 2. The number of benzene rings is 1. The Bertz CT molecular complexity index is 991. The van der Waals surface area contributed by atoms with E-state index in [1.807, 2.05) is 48.6 Å². The van der Waals surface area contributed by atoms with Crippen LogP contribution in [0.5, 0.6) is 0 Å². The summed E-state index contributed by atoms with van der Waals surface area (Å²) in [5.41, 5.74) is 4.20. The molecule has 2 aromatic rings. The molecule has 0 saturated carbocycles. The van der Waals surface area contributed by atoms with Crippen molar-refractivity contribution in [2.45, 2.75) is 65.0 Å². The maximum Gasteiger partial charge on any atom is 0.253 e. The number of nitrogens with zero attached hydrogens (tertiary/aromatic N) is 3. The van der Waals surface area contributed by atoms with Crippen LogP contribution in [0, 0.1) is 5.41 Å². The van der Waals surface area contributed by atoms with E-state index in [1.165, 1.54) is 11.3 Å². The molecule has 1 N–H and O–H groups in total. The molecule has 176 valence electrons. The summed E-state index contributed by atoms with van der Waals surface area (Å²) in [7, 11) is 1.92. The summed E-state index contributed by atoms with van der Waals surface area (Å²) in [5.74, 6) is 0.141. The van der Waals surface area contributed by atoms with Crippen LogP contribution >= 0.6 is 0 Å². The van der Waals surface area contributed by atoms with E-state index < -0.39 is 0 Å². The third-order valence-electron chi connectivity index (χ3n) is 6.86. The Morgan fingerprint density at radius 2 is 1.79 bits per heavy atom. The van der Waals surface area contributed by atoms with Crippen LogP contribution in [-0.2, 0) is 11.2 Å². The van der Waals surface area contributed by atoms with E-state index in [1.54, 1.807) is 0 Å². The summed E-state index contributed by atoms with van der Waals surface area (Å²) < 4.78 is 0. The number of carbonyl (C=O) groups is 2. The molecule has 4 rings (SSSR count). The quantitative estimate of drug-likeness (QED) is 0.738. The van der Waals surface area contributed by atoms with Crippen molar-refractivity contribution >= 4 is 17.5 Å². The van der Waals surface area contributed by atoms with E-state index in [-0.39, 0.29) is 29.3 Å². The van der Waals surface area contributed by atoms with Gasteiger partial charge < -0.3 is 15.1 Å². The first-order valence-electron chi connectivity index (χ1n) is 12.1. The lowest BCUT2D eigenvalue weighted by atomic mass is 9.91. The average molecular weight is 449 g/mol. The van der Waals surface area contributed by atoms with E-state index in [0.717, 1.165) is 44.3 Å². The normalized spacial score (nSPS) is 18.7. The molecule has 2 aliphatic rings. The van der Waals surface area contributed by atoms with Crippen LogP contribution < -0.4 is 10.2 Å². The number of aromatic nitrogens is 1. The van der Waals surface area contributed by atoms with Crippen molar-refractivity contribution in [3.8, 4) is 0 Å². The van der Waals surface area contributed by atoms with Crippen molar-refractivity contribution in [3.05, 3.63) is 59.4 Å². The fourth-order valence-electron chi connectivity index (χ4n) is 5.05. The number of fused-ring (bicyclic) bond motifs is 1. The van der Waals surface area contributed by atoms with E-state index >= 15 is 0 Å². The van der Waals surface area contributed by atoms with Crippen molar-refractivity contribution in [1.82, 2.24) is 15.2 Å². The Labute approximate surface area is 197 Å². The second kappa shape index (κ2) is 9.54. The molecule has 1 saturated heterocycles. The van der Waals surface area contributed by atoms with Gasteiger partial charge in [-0.25, -0.2) is 0 Å². The fourth-order valence-corrected chi connectivity index (χ4v) is 5.05. The summed E-state index contributed by atoms with van der Waals surface area (Å²) in [5, 5.41) is 3.20. The van der Waals surface area contributed by atoms with Gasteiger partial charge in [0.2, 0.25) is 5.91 Å². The molecule has 1 atom stereocenters. The number of piperidine rings is 1. The van der Waals surface area contributed by atoms with Crippen LogP contribution in [0.25, 0.3) is 0 Å². The highest BCUT2D eigenvalue weighted by atomic mass is 16.2. The second-order valence-electron chi connectivity index (χ2n) is 10.6. The van der Waals surface area contributed by atoms with Crippen molar-refractivity contribution in [2.24, 2.45) is 5.41 Å². The highest BCUT2D eigenvalue weighted by Gasteiger charge is 2.29. The predicted molar refractivity (Wildman–Crippen MR) is 131 cm³/mol. The molecule has 33 heavy (non-hydrogen) atoms. The highest BCUT2D eigenvalue weighted by Crippen LogP contribution is 2.33. The van der Waals surface area contributed by atoms with Crippen LogP contribution in [-0.4, -0.2) is 47.9 Å². The van der Waals surface area contributed by atoms with Crippen LogP contribution in [0.2, 0.25) is 0 Å². The largest absolute Gasteiger partial charge is 0.371 e. The number of hydrogen-bond acceptors (Lipinski definition) is 4. The third-order valence-corrected chi connectivity index (χ3v) is 6.86. The number of rotatable bonds is 5. The molecule has 1 aliphatic carbocycles. The van der Waals surface area contributed by atoms with Gasteiger partial charge >= 0.3 is 0 Å². The van der Waals surface area contributed by atoms with Gasteiger partial charge in [-0.3, -0.25) is 14.6 Å². The summed E-state index contributed by atoms with van der Waals surface area (Å²) in [6.07, 6.45) is 7.87. The van der Waals surface area contributed by atoms with Gasteiger partial charge in [-0.05, 0) is 66.5 Å². The summed E-state index contributed by atoms with van der Waals surface area (Å²) in [6, 6.07) is 10.3.